The highest BCUT2D eigenvalue weighted by atomic mass is 16.6. The SMILES string of the molecule is COc1ccc2c(=O)[nH]ncc2c1OC1CCOC1. The summed E-state index contributed by atoms with van der Waals surface area (Å²) in [6, 6.07) is 3.43. The fraction of sp³-hybridized carbons (Fsp3) is 0.385. The molecular formula is C13H14N2O4. The standard InChI is InChI=1S/C13H14N2O4/c1-17-11-3-2-9-10(6-14-15-13(9)16)12(11)19-8-4-5-18-7-8/h2-3,6,8H,4-5,7H2,1H3,(H,15,16). The summed E-state index contributed by atoms with van der Waals surface area (Å²) in [6.07, 6.45) is 2.39. The molecule has 6 nitrogen and oxygen atoms in total. The zero-order valence-electron chi connectivity index (χ0n) is 10.5. The van der Waals surface area contributed by atoms with Crippen molar-refractivity contribution >= 4 is 10.8 Å². The van der Waals surface area contributed by atoms with Crippen LogP contribution in [0.25, 0.3) is 10.8 Å². The second-order valence-electron chi connectivity index (χ2n) is 4.36. The molecule has 1 atom stereocenters. The van der Waals surface area contributed by atoms with E-state index < -0.39 is 0 Å². The maximum Gasteiger partial charge on any atom is 0.272 e. The fourth-order valence-corrected chi connectivity index (χ4v) is 2.18. The number of aromatic nitrogens is 2. The average molecular weight is 262 g/mol. The Labute approximate surface area is 109 Å². The fourth-order valence-electron chi connectivity index (χ4n) is 2.18. The maximum atomic E-state index is 11.7. The lowest BCUT2D eigenvalue weighted by Crippen LogP contribution is -2.17. The second kappa shape index (κ2) is 4.89. The minimum Gasteiger partial charge on any atom is -0.493 e. The number of fused-ring (bicyclic) bond motifs is 1. The number of H-pyrrole nitrogens is 1. The lowest BCUT2D eigenvalue weighted by atomic mass is 10.1. The molecule has 0 amide bonds. The highest BCUT2D eigenvalue weighted by molar-refractivity contribution is 5.89. The van der Waals surface area contributed by atoms with Gasteiger partial charge in [0, 0.05) is 6.42 Å². The normalized spacial score (nSPS) is 18.7. The first-order chi connectivity index (χ1) is 9.29. The van der Waals surface area contributed by atoms with Gasteiger partial charge in [0.25, 0.3) is 5.56 Å². The van der Waals surface area contributed by atoms with Crippen molar-refractivity contribution in [2.24, 2.45) is 0 Å². The molecule has 6 heteroatoms. The van der Waals surface area contributed by atoms with E-state index in [-0.39, 0.29) is 11.7 Å². The predicted octanol–water partition coefficient (Wildman–Crippen LogP) is 1.10. The van der Waals surface area contributed by atoms with Gasteiger partial charge in [-0.15, -0.1) is 0 Å². The summed E-state index contributed by atoms with van der Waals surface area (Å²) in [5.74, 6) is 1.14. The quantitative estimate of drug-likeness (QED) is 0.896. The van der Waals surface area contributed by atoms with E-state index in [0.717, 1.165) is 6.42 Å². The highest BCUT2D eigenvalue weighted by Crippen LogP contribution is 2.35. The summed E-state index contributed by atoms with van der Waals surface area (Å²) in [6.45, 7) is 1.24. The molecule has 19 heavy (non-hydrogen) atoms. The number of hydrogen-bond acceptors (Lipinski definition) is 5. The van der Waals surface area contributed by atoms with Gasteiger partial charge in [0.15, 0.2) is 11.5 Å². The van der Waals surface area contributed by atoms with Crippen molar-refractivity contribution in [3.05, 3.63) is 28.7 Å². The van der Waals surface area contributed by atoms with E-state index in [1.54, 1.807) is 25.4 Å². The van der Waals surface area contributed by atoms with E-state index in [1.165, 1.54) is 0 Å². The van der Waals surface area contributed by atoms with Crippen LogP contribution in [0.1, 0.15) is 6.42 Å². The molecule has 1 aliphatic heterocycles. The van der Waals surface area contributed by atoms with Gasteiger partial charge in [-0.3, -0.25) is 4.79 Å². The van der Waals surface area contributed by atoms with Crippen LogP contribution >= 0.6 is 0 Å². The Morgan fingerprint density at radius 1 is 1.42 bits per heavy atom. The maximum absolute atomic E-state index is 11.7. The van der Waals surface area contributed by atoms with Crippen molar-refractivity contribution < 1.29 is 14.2 Å². The van der Waals surface area contributed by atoms with Crippen LogP contribution in [0.5, 0.6) is 11.5 Å². The second-order valence-corrected chi connectivity index (χ2v) is 4.36. The van der Waals surface area contributed by atoms with Gasteiger partial charge < -0.3 is 14.2 Å². The van der Waals surface area contributed by atoms with Crippen molar-refractivity contribution in [2.75, 3.05) is 20.3 Å². The van der Waals surface area contributed by atoms with Crippen LogP contribution in [-0.4, -0.2) is 36.6 Å². The topological polar surface area (TPSA) is 73.4 Å². The smallest absolute Gasteiger partial charge is 0.272 e. The van der Waals surface area contributed by atoms with Gasteiger partial charge in [-0.1, -0.05) is 0 Å². The molecule has 2 heterocycles. The molecular weight excluding hydrogens is 248 g/mol. The Kier molecular flexibility index (Phi) is 3.08. The van der Waals surface area contributed by atoms with Crippen molar-refractivity contribution in [3.8, 4) is 11.5 Å². The Balaban J connectivity index is 2.12. The summed E-state index contributed by atoms with van der Waals surface area (Å²) < 4.78 is 16.5. The van der Waals surface area contributed by atoms with Crippen molar-refractivity contribution in [1.82, 2.24) is 10.2 Å². The first-order valence-corrected chi connectivity index (χ1v) is 6.08. The van der Waals surface area contributed by atoms with Crippen LogP contribution in [0.4, 0.5) is 0 Å². The summed E-state index contributed by atoms with van der Waals surface area (Å²) in [7, 11) is 1.57. The van der Waals surface area contributed by atoms with Gasteiger partial charge in [0.05, 0.1) is 37.3 Å². The monoisotopic (exact) mass is 262 g/mol. The largest absolute Gasteiger partial charge is 0.493 e. The van der Waals surface area contributed by atoms with Gasteiger partial charge in [0.1, 0.15) is 6.10 Å². The van der Waals surface area contributed by atoms with Gasteiger partial charge in [-0.05, 0) is 12.1 Å². The summed E-state index contributed by atoms with van der Waals surface area (Å²) in [5.41, 5.74) is -0.243. The molecule has 100 valence electrons. The molecule has 0 radical (unpaired) electrons. The van der Waals surface area contributed by atoms with E-state index in [2.05, 4.69) is 10.2 Å². The number of rotatable bonds is 3. The van der Waals surface area contributed by atoms with Gasteiger partial charge in [-0.25, -0.2) is 5.10 Å². The summed E-state index contributed by atoms with van der Waals surface area (Å²) in [4.78, 5) is 11.7. The van der Waals surface area contributed by atoms with E-state index in [0.29, 0.717) is 35.5 Å². The van der Waals surface area contributed by atoms with E-state index in [9.17, 15) is 4.79 Å². The Bertz CT molecular complexity index is 647. The number of benzene rings is 1. The van der Waals surface area contributed by atoms with Crippen molar-refractivity contribution in [3.63, 3.8) is 0 Å². The summed E-state index contributed by atoms with van der Waals surface area (Å²) in [5, 5.41) is 7.41. The van der Waals surface area contributed by atoms with Crippen LogP contribution in [-0.2, 0) is 4.74 Å². The van der Waals surface area contributed by atoms with Crippen LogP contribution in [0, 0.1) is 0 Å². The lowest BCUT2D eigenvalue weighted by molar-refractivity contribution is 0.140. The third-order valence-corrected chi connectivity index (χ3v) is 3.16. The lowest BCUT2D eigenvalue weighted by Gasteiger charge is -2.16. The molecule has 1 aromatic heterocycles. The zero-order valence-corrected chi connectivity index (χ0v) is 10.5. The minimum atomic E-state index is -0.243. The molecule has 1 aliphatic rings. The first-order valence-electron chi connectivity index (χ1n) is 6.08. The van der Waals surface area contributed by atoms with E-state index in [4.69, 9.17) is 14.2 Å². The molecule has 0 bridgehead atoms. The van der Waals surface area contributed by atoms with Crippen LogP contribution in [0.3, 0.4) is 0 Å². The third kappa shape index (κ3) is 2.15. The number of nitrogens with zero attached hydrogens (tertiary/aromatic N) is 1. The molecule has 0 aliphatic carbocycles. The van der Waals surface area contributed by atoms with Gasteiger partial charge in [0.2, 0.25) is 0 Å². The van der Waals surface area contributed by atoms with E-state index in [1.807, 2.05) is 0 Å². The van der Waals surface area contributed by atoms with Gasteiger partial charge >= 0.3 is 0 Å². The van der Waals surface area contributed by atoms with E-state index >= 15 is 0 Å². The van der Waals surface area contributed by atoms with Gasteiger partial charge in [-0.2, -0.15) is 5.10 Å². The number of nitrogens with one attached hydrogen (secondary N) is 1. The molecule has 1 aromatic carbocycles. The van der Waals surface area contributed by atoms with Crippen molar-refractivity contribution in [1.29, 1.82) is 0 Å². The predicted molar refractivity (Wildman–Crippen MR) is 68.8 cm³/mol. The van der Waals surface area contributed by atoms with Crippen LogP contribution < -0.4 is 15.0 Å². The van der Waals surface area contributed by atoms with Crippen LogP contribution in [0.2, 0.25) is 0 Å². The molecule has 2 aromatic rings. The Morgan fingerprint density at radius 2 is 2.32 bits per heavy atom. The van der Waals surface area contributed by atoms with Crippen LogP contribution in [0.15, 0.2) is 23.1 Å². The minimum absolute atomic E-state index is 0.0150. The highest BCUT2D eigenvalue weighted by Gasteiger charge is 2.21. The number of methoxy groups -OCH3 is 1. The molecule has 1 N–H and O–H groups in total. The Hall–Kier alpha value is -2.08. The molecule has 3 rings (SSSR count). The Morgan fingerprint density at radius 3 is 3.05 bits per heavy atom. The molecule has 1 fully saturated rings. The van der Waals surface area contributed by atoms with Crippen molar-refractivity contribution in [2.45, 2.75) is 12.5 Å². The molecule has 1 unspecified atom stereocenters. The first kappa shape index (κ1) is 12.0. The summed E-state index contributed by atoms with van der Waals surface area (Å²) >= 11 is 0. The number of hydrogen-bond donors (Lipinski definition) is 1. The molecule has 0 spiro atoms. The molecule has 1 saturated heterocycles. The number of aromatic amines is 1. The average Bonchev–Trinajstić information content (AvgIpc) is 2.93. The third-order valence-electron chi connectivity index (χ3n) is 3.16. The zero-order chi connectivity index (χ0) is 13.2. The molecule has 0 saturated carbocycles. The number of ether oxygens (including phenoxy) is 3.